The standard InChI is InChI=1S/C23H34N5O2S2/c29-21(22-25-10-15-32-22)26-20(17-31-16-18-4-2-1-3-5-18)23(30)28-13-11-27(12-14-28)19-6-8-24-9-7-19/h6-10,18,20,22,25H,1-5,11-17H2,(H,26,29)/t20-,22?/m0/s1. The molecule has 1 radical (unpaired) electrons. The maximum atomic E-state index is 13.4. The van der Waals surface area contributed by atoms with Gasteiger partial charge in [0.1, 0.15) is 11.4 Å². The molecule has 3 aliphatic rings. The second-order valence-corrected chi connectivity index (χ2v) is 10.9. The quantitative estimate of drug-likeness (QED) is 0.596. The Kier molecular flexibility index (Phi) is 8.99. The summed E-state index contributed by atoms with van der Waals surface area (Å²) in [4.78, 5) is 34.4. The van der Waals surface area contributed by atoms with E-state index in [1.54, 1.807) is 24.2 Å². The summed E-state index contributed by atoms with van der Waals surface area (Å²) >= 11 is 3.39. The highest BCUT2D eigenvalue weighted by atomic mass is 32.2. The number of rotatable bonds is 8. The predicted molar refractivity (Wildman–Crippen MR) is 133 cm³/mol. The smallest absolute Gasteiger partial charge is 0.248 e. The van der Waals surface area contributed by atoms with Crippen LogP contribution in [-0.2, 0) is 9.59 Å². The van der Waals surface area contributed by atoms with Gasteiger partial charge in [0.2, 0.25) is 11.8 Å². The molecule has 1 aliphatic carbocycles. The zero-order valence-corrected chi connectivity index (χ0v) is 20.2. The third kappa shape index (κ3) is 6.54. The number of aromatic nitrogens is 1. The van der Waals surface area contributed by atoms with Crippen LogP contribution in [0.2, 0.25) is 0 Å². The minimum Gasteiger partial charge on any atom is -0.368 e. The molecule has 2 saturated heterocycles. The lowest BCUT2D eigenvalue weighted by Gasteiger charge is -2.37. The number of pyridine rings is 1. The van der Waals surface area contributed by atoms with E-state index in [1.165, 1.54) is 32.1 Å². The van der Waals surface area contributed by atoms with Crippen molar-refractivity contribution in [3.63, 3.8) is 0 Å². The van der Waals surface area contributed by atoms with Gasteiger partial charge in [-0.1, -0.05) is 19.3 Å². The Morgan fingerprint density at radius 1 is 1.16 bits per heavy atom. The van der Waals surface area contributed by atoms with Crippen molar-refractivity contribution < 1.29 is 9.59 Å². The lowest BCUT2D eigenvalue weighted by molar-refractivity contribution is -0.136. The van der Waals surface area contributed by atoms with E-state index in [0.717, 1.165) is 36.2 Å². The number of thioether (sulfide) groups is 2. The molecule has 0 aromatic carbocycles. The molecule has 2 amide bonds. The predicted octanol–water partition coefficient (Wildman–Crippen LogP) is 2.35. The van der Waals surface area contributed by atoms with E-state index >= 15 is 0 Å². The molecular weight excluding hydrogens is 442 g/mol. The van der Waals surface area contributed by atoms with Crippen molar-refractivity contribution in [2.24, 2.45) is 5.92 Å². The number of piperazine rings is 1. The van der Waals surface area contributed by atoms with Gasteiger partial charge < -0.3 is 15.1 Å². The summed E-state index contributed by atoms with van der Waals surface area (Å²) in [5.41, 5.74) is 1.14. The molecule has 2 N–H and O–H groups in total. The van der Waals surface area contributed by atoms with Crippen LogP contribution in [0.5, 0.6) is 0 Å². The summed E-state index contributed by atoms with van der Waals surface area (Å²) in [6.07, 6.45) is 10.2. The van der Waals surface area contributed by atoms with E-state index in [1.807, 2.05) is 35.3 Å². The number of carbonyl (C=O) groups is 2. The van der Waals surface area contributed by atoms with Gasteiger partial charge in [0.25, 0.3) is 0 Å². The molecular formula is C23H34N5O2S2. The van der Waals surface area contributed by atoms with Crippen molar-refractivity contribution in [1.29, 1.82) is 0 Å². The number of hydrogen-bond acceptors (Lipinski definition) is 7. The third-order valence-electron chi connectivity index (χ3n) is 6.45. The number of carbonyl (C=O) groups excluding carboxylic acids is 2. The van der Waals surface area contributed by atoms with E-state index in [0.29, 0.717) is 18.8 Å². The van der Waals surface area contributed by atoms with E-state index < -0.39 is 6.04 Å². The largest absolute Gasteiger partial charge is 0.368 e. The first kappa shape index (κ1) is 23.7. The highest BCUT2D eigenvalue weighted by molar-refractivity contribution is 8.01. The van der Waals surface area contributed by atoms with Crippen molar-refractivity contribution in [1.82, 2.24) is 20.5 Å². The van der Waals surface area contributed by atoms with Gasteiger partial charge in [-0.15, -0.1) is 11.8 Å². The van der Waals surface area contributed by atoms with Gasteiger partial charge >= 0.3 is 0 Å². The first-order valence-corrected chi connectivity index (χ1v) is 13.9. The molecule has 2 aliphatic heterocycles. The fraction of sp³-hybridized carbons (Fsp3) is 0.652. The molecule has 1 unspecified atom stereocenters. The van der Waals surface area contributed by atoms with Crippen LogP contribution in [0.3, 0.4) is 0 Å². The van der Waals surface area contributed by atoms with Gasteiger partial charge in [-0.2, -0.15) is 11.8 Å². The van der Waals surface area contributed by atoms with Gasteiger partial charge in [-0.25, -0.2) is 0 Å². The molecule has 9 heteroatoms. The Morgan fingerprint density at radius 3 is 2.59 bits per heavy atom. The molecule has 0 spiro atoms. The van der Waals surface area contributed by atoms with Crippen molar-refractivity contribution in [2.45, 2.75) is 43.5 Å². The summed E-state index contributed by atoms with van der Waals surface area (Å²) in [5, 5.41) is 5.86. The van der Waals surface area contributed by atoms with Crippen LogP contribution in [0.4, 0.5) is 5.69 Å². The summed E-state index contributed by atoms with van der Waals surface area (Å²) in [6.45, 7) is 4.83. The Labute approximate surface area is 199 Å². The number of nitrogens with one attached hydrogen (secondary N) is 2. The number of nitrogens with zero attached hydrogens (tertiary/aromatic N) is 3. The van der Waals surface area contributed by atoms with Crippen LogP contribution >= 0.6 is 23.5 Å². The SMILES string of the molecule is O=C(N[C@@H](CSCC1CCCCC1)C(=O)N1CCN(c2ccncc2)CC1)C1N[CH]CS1. The average molecular weight is 477 g/mol. The Balaban J connectivity index is 1.32. The van der Waals surface area contributed by atoms with E-state index in [4.69, 9.17) is 0 Å². The lowest BCUT2D eigenvalue weighted by atomic mass is 9.91. The summed E-state index contributed by atoms with van der Waals surface area (Å²) < 4.78 is 0. The first-order valence-electron chi connectivity index (χ1n) is 11.7. The van der Waals surface area contributed by atoms with Crippen LogP contribution < -0.4 is 15.5 Å². The fourth-order valence-electron chi connectivity index (χ4n) is 4.59. The zero-order chi connectivity index (χ0) is 22.2. The van der Waals surface area contributed by atoms with Gasteiger partial charge in [0, 0.05) is 62.3 Å². The molecule has 1 aromatic rings. The molecule has 2 atom stereocenters. The maximum absolute atomic E-state index is 13.4. The highest BCUT2D eigenvalue weighted by Gasteiger charge is 2.32. The monoisotopic (exact) mass is 476 g/mol. The highest BCUT2D eigenvalue weighted by Crippen LogP contribution is 2.27. The van der Waals surface area contributed by atoms with Crippen LogP contribution in [0.15, 0.2) is 24.5 Å². The topological polar surface area (TPSA) is 77.6 Å². The van der Waals surface area contributed by atoms with Crippen LogP contribution in [0.25, 0.3) is 0 Å². The van der Waals surface area contributed by atoms with Crippen LogP contribution in [-0.4, -0.2) is 76.6 Å². The fourth-order valence-corrected chi connectivity index (χ4v) is 6.65. The van der Waals surface area contributed by atoms with Crippen LogP contribution in [0.1, 0.15) is 32.1 Å². The molecule has 3 heterocycles. The summed E-state index contributed by atoms with van der Waals surface area (Å²) in [7, 11) is 0. The average Bonchev–Trinajstić information content (AvgIpc) is 3.40. The van der Waals surface area contributed by atoms with Crippen molar-refractivity contribution >= 4 is 41.0 Å². The molecule has 7 nitrogen and oxygen atoms in total. The van der Waals surface area contributed by atoms with Gasteiger partial charge in [0.05, 0.1) is 0 Å². The molecule has 1 aromatic heterocycles. The normalized spacial score (nSPS) is 23.2. The summed E-state index contributed by atoms with van der Waals surface area (Å²) in [6, 6.07) is 3.55. The van der Waals surface area contributed by atoms with E-state index in [2.05, 4.69) is 20.5 Å². The second-order valence-electron chi connectivity index (χ2n) is 8.70. The molecule has 32 heavy (non-hydrogen) atoms. The van der Waals surface area contributed by atoms with Gasteiger partial charge in [0.15, 0.2) is 0 Å². The minimum atomic E-state index is -0.466. The Morgan fingerprint density at radius 2 is 1.91 bits per heavy atom. The zero-order valence-electron chi connectivity index (χ0n) is 18.6. The third-order valence-corrected chi connectivity index (χ3v) is 8.77. The number of anilines is 1. The van der Waals surface area contributed by atoms with Gasteiger partial charge in [-0.05, 0) is 36.6 Å². The Hall–Kier alpha value is -1.45. The molecule has 4 rings (SSSR count). The van der Waals surface area contributed by atoms with Crippen LogP contribution in [0, 0.1) is 12.5 Å². The van der Waals surface area contributed by atoms with E-state index in [9.17, 15) is 9.59 Å². The van der Waals surface area contributed by atoms with E-state index in [-0.39, 0.29) is 17.2 Å². The van der Waals surface area contributed by atoms with Crippen molar-refractivity contribution in [3.05, 3.63) is 31.1 Å². The lowest BCUT2D eigenvalue weighted by Crippen LogP contribution is -2.57. The Bertz CT molecular complexity index is 733. The maximum Gasteiger partial charge on any atom is 0.248 e. The number of amides is 2. The minimum absolute atomic E-state index is 0.0517. The number of hydrogen-bond donors (Lipinski definition) is 2. The van der Waals surface area contributed by atoms with Crippen molar-refractivity contribution in [2.75, 3.05) is 48.3 Å². The molecule has 1 saturated carbocycles. The van der Waals surface area contributed by atoms with Gasteiger partial charge in [-0.3, -0.25) is 19.9 Å². The first-order chi connectivity index (χ1) is 15.7. The summed E-state index contributed by atoms with van der Waals surface area (Å²) in [5.74, 6) is 3.26. The molecule has 175 valence electrons. The van der Waals surface area contributed by atoms with Crippen molar-refractivity contribution in [3.8, 4) is 0 Å². The second kappa shape index (κ2) is 12.1. The molecule has 3 fully saturated rings. The molecule has 0 bridgehead atoms.